The molecule has 2 heteroatoms. The van der Waals surface area contributed by atoms with Gasteiger partial charge >= 0.3 is 0 Å². The first-order chi connectivity index (χ1) is 6.20. The molecule has 1 fully saturated rings. The molecule has 0 spiro atoms. The molecule has 1 aliphatic heterocycles. The van der Waals surface area contributed by atoms with Crippen LogP contribution in [-0.2, 0) is 0 Å². The maximum atomic E-state index is 9.42. The number of nitrogens with one attached hydrogen (secondary N) is 1. The van der Waals surface area contributed by atoms with Gasteiger partial charge < -0.3 is 10.4 Å². The summed E-state index contributed by atoms with van der Waals surface area (Å²) in [4.78, 5) is 0. The van der Waals surface area contributed by atoms with Crippen molar-refractivity contribution >= 4 is 0 Å². The Labute approximate surface area is 88.1 Å². The van der Waals surface area contributed by atoms with Gasteiger partial charge in [0.2, 0.25) is 0 Å². The highest BCUT2D eigenvalue weighted by Crippen LogP contribution is 2.35. The zero-order valence-electron chi connectivity index (χ0n) is 10.2. The highest BCUT2D eigenvalue weighted by atomic mass is 16.3. The topological polar surface area (TPSA) is 32.3 Å². The van der Waals surface area contributed by atoms with Crippen LogP contribution >= 0.6 is 0 Å². The van der Waals surface area contributed by atoms with Crippen LogP contribution in [0.25, 0.3) is 0 Å². The quantitative estimate of drug-likeness (QED) is 0.715. The lowest BCUT2D eigenvalue weighted by Crippen LogP contribution is -2.58. The van der Waals surface area contributed by atoms with E-state index in [1.807, 2.05) is 6.92 Å². The molecule has 2 nitrogen and oxygen atoms in total. The van der Waals surface area contributed by atoms with Crippen molar-refractivity contribution in [2.45, 2.75) is 71.1 Å². The van der Waals surface area contributed by atoms with Crippen LogP contribution in [0.4, 0.5) is 0 Å². The fraction of sp³-hybridized carbons (Fsp3) is 1.00. The van der Waals surface area contributed by atoms with Crippen LogP contribution in [0.1, 0.15) is 53.9 Å². The Kier molecular flexibility index (Phi) is 3.27. The zero-order chi connectivity index (χ0) is 11.0. The number of hydrogen-bond donors (Lipinski definition) is 2. The lowest BCUT2D eigenvalue weighted by molar-refractivity contribution is 0.0840. The molecule has 0 aromatic carbocycles. The van der Waals surface area contributed by atoms with Gasteiger partial charge in [0.25, 0.3) is 0 Å². The standard InChI is InChI=1S/C12H25NO/c1-9(14)6-10-7-11(2,3)13-12(4,5)8-10/h9-10,13-14H,6-8H2,1-5H3. The Morgan fingerprint density at radius 3 is 2.00 bits per heavy atom. The van der Waals surface area contributed by atoms with Gasteiger partial charge in [0, 0.05) is 11.1 Å². The van der Waals surface area contributed by atoms with Crippen LogP contribution in [0.15, 0.2) is 0 Å². The molecule has 0 saturated carbocycles. The normalized spacial score (nSPS) is 28.7. The summed E-state index contributed by atoms with van der Waals surface area (Å²) in [6, 6.07) is 0. The minimum Gasteiger partial charge on any atom is -0.393 e. The summed E-state index contributed by atoms with van der Waals surface area (Å²) in [5.74, 6) is 0.654. The van der Waals surface area contributed by atoms with Crippen molar-refractivity contribution < 1.29 is 5.11 Å². The first-order valence-electron chi connectivity index (χ1n) is 5.68. The fourth-order valence-corrected chi connectivity index (χ4v) is 3.18. The first kappa shape index (κ1) is 12.0. The Balaban J connectivity index is 2.62. The minimum atomic E-state index is -0.162. The van der Waals surface area contributed by atoms with E-state index < -0.39 is 0 Å². The molecule has 1 heterocycles. The SMILES string of the molecule is CC(O)CC1CC(C)(C)NC(C)(C)C1. The van der Waals surface area contributed by atoms with E-state index in [1.165, 1.54) is 12.8 Å². The largest absolute Gasteiger partial charge is 0.393 e. The molecule has 0 aromatic rings. The van der Waals surface area contributed by atoms with Gasteiger partial charge in [-0.3, -0.25) is 0 Å². The number of piperidine rings is 1. The maximum Gasteiger partial charge on any atom is 0.0514 e. The van der Waals surface area contributed by atoms with E-state index in [2.05, 4.69) is 33.0 Å². The second kappa shape index (κ2) is 3.82. The predicted molar refractivity (Wildman–Crippen MR) is 60.3 cm³/mol. The summed E-state index contributed by atoms with van der Waals surface area (Å²) in [7, 11) is 0. The summed E-state index contributed by atoms with van der Waals surface area (Å²) in [5, 5.41) is 13.1. The van der Waals surface area contributed by atoms with E-state index in [0.717, 1.165) is 6.42 Å². The minimum absolute atomic E-state index is 0.162. The van der Waals surface area contributed by atoms with Crippen molar-refractivity contribution in [2.75, 3.05) is 0 Å². The van der Waals surface area contributed by atoms with Gasteiger partial charge in [0.15, 0.2) is 0 Å². The molecule has 1 saturated heterocycles. The third-order valence-electron chi connectivity index (χ3n) is 2.95. The predicted octanol–water partition coefficient (Wildman–Crippen LogP) is 2.31. The van der Waals surface area contributed by atoms with Crippen LogP contribution in [-0.4, -0.2) is 22.3 Å². The smallest absolute Gasteiger partial charge is 0.0514 e. The molecule has 0 bridgehead atoms. The van der Waals surface area contributed by atoms with Gasteiger partial charge in [-0.25, -0.2) is 0 Å². The van der Waals surface area contributed by atoms with E-state index in [4.69, 9.17) is 0 Å². The number of hydrogen-bond acceptors (Lipinski definition) is 2. The fourth-order valence-electron chi connectivity index (χ4n) is 3.18. The number of aliphatic hydroxyl groups is 1. The second-order valence-electron chi connectivity index (χ2n) is 6.25. The lowest BCUT2D eigenvalue weighted by Gasteiger charge is -2.47. The van der Waals surface area contributed by atoms with E-state index >= 15 is 0 Å². The summed E-state index contributed by atoms with van der Waals surface area (Å²) >= 11 is 0. The van der Waals surface area contributed by atoms with E-state index in [0.29, 0.717) is 5.92 Å². The molecule has 1 aliphatic rings. The monoisotopic (exact) mass is 199 g/mol. The number of aliphatic hydroxyl groups excluding tert-OH is 1. The Morgan fingerprint density at radius 1 is 1.21 bits per heavy atom. The number of rotatable bonds is 2. The second-order valence-corrected chi connectivity index (χ2v) is 6.25. The van der Waals surface area contributed by atoms with Gasteiger partial charge in [0.1, 0.15) is 0 Å². The van der Waals surface area contributed by atoms with Crippen molar-refractivity contribution in [3.8, 4) is 0 Å². The molecule has 2 N–H and O–H groups in total. The van der Waals surface area contributed by atoms with Crippen LogP contribution in [0, 0.1) is 5.92 Å². The maximum absolute atomic E-state index is 9.42. The third kappa shape index (κ3) is 3.58. The van der Waals surface area contributed by atoms with Gasteiger partial charge in [-0.05, 0) is 59.8 Å². The molecule has 14 heavy (non-hydrogen) atoms. The van der Waals surface area contributed by atoms with Gasteiger partial charge in [-0.15, -0.1) is 0 Å². The van der Waals surface area contributed by atoms with Crippen molar-refractivity contribution in [1.29, 1.82) is 0 Å². The summed E-state index contributed by atoms with van der Waals surface area (Å²) < 4.78 is 0. The van der Waals surface area contributed by atoms with Crippen LogP contribution in [0.3, 0.4) is 0 Å². The van der Waals surface area contributed by atoms with Crippen LogP contribution < -0.4 is 5.32 Å². The van der Waals surface area contributed by atoms with Crippen molar-refractivity contribution in [2.24, 2.45) is 5.92 Å². The van der Waals surface area contributed by atoms with Crippen molar-refractivity contribution in [3.05, 3.63) is 0 Å². The summed E-state index contributed by atoms with van der Waals surface area (Å²) in [6.07, 6.45) is 3.11. The lowest BCUT2D eigenvalue weighted by atomic mass is 9.74. The Bertz CT molecular complexity index is 180. The molecule has 0 amide bonds. The highest BCUT2D eigenvalue weighted by molar-refractivity contribution is 4.96. The molecule has 0 radical (unpaired) electrons. The summed E-state index contributed by atoms with van der Waals surface area (Å²) in [5.41, 5.74) is 0.419. The van der Waals surface area contributed by atoms with Gasteiger partial charge in [0.05, 0.1) is 6.10 Å². The van der Waals surface area contributed by atoms with Crippen LogP contribution in [0.5, 0.6) is 0 Å². The molecular weight excluding hydrogens is 174 g/mol. The van der Waals surface area contributed by atoms with Gasteiger partial charge in [-0.1, -0.05) is 0 Å². The van der Waals surface area contributed by atoms with E-state index in [1.54, 1.807) is 0 Å². The Morgan fingerprint density at radius 2 is 1.64 bits per heavy atom. The average molecular weight is 199 g/mol. The zero-order valence-corrected chi connectivity index (χ0v) is 10.2. The Hall–Kier alpha value is -0.0800. The van der Waals surface area contributed by atoms with E-state index in [9.17, 15) is 5.11 Å². The molecule has 1 atom stereocenters. The molecule has 84 valence electrons. The highest BCUT2D eigenvalue weighted by Gasteiger charge is 2.37. The van der Waals surface area contributed by atoms with E-state index in [-0.39, 0.29) is 17.2 Å². The third-order valence-corrected chi connectivity index (χ3v) is 2.95. The molecule has 1 rings (SSSR count). The van der Waals surface area contributed by atoms with Crippen molar-refractivity contribution in [1.82, 2.24) is 5.32 Å². The first-order valence-corrected chi connectivity index (χ1v) is 5.68. The summed E-state index contributed by atoms with van der Waals surface area (Å²) in [6.45, 7) is 10.9. The van der Waals surface area contributed by atoms with Gasteiger partial charge in [-0.2, -0.15) is 0 Å². The molecule has 0 aliphatic carbocycles. The molecular formula is C12H25NO. The molecule has 1 unspecified atom stereocenters. The van der Waals surface area contributed by atoms with Crippen molar-refractivity contribution in [3.63, 3.8) is 0 Å². The molecule has 0 aromatic heterocycles. The average Bonchev–Trinajstić information content (AvgIpc) is 1.74. The van der Waals surface area contributed by atoms with Crippen LogP contribution in [0.2, 0.25) is 0 Å².